The zero-order valence-corrected chi connectivity index (χ0v) is 13.1. The molecule has 2 rings (SSSR count). The average Bonchev–Trinajstić information content (AvgIpc) is 2.88. The minimum absolute atomic E-state index is 0.00588. The Hall–Kier alpha value is -2.18. The molecule has 1 atom stereocenters. The van der Waals surface area contributed by atoms with Gasteiger partial charge in [-0.25, -0.2) is 0 Å². The van der Waals surface area contributed by atoms with Gasteiger partial charge in [-0.15, -0.1) is 0 Å². The Morgan fingerprint density at radius 2 is 2.00 bits per heavy atom. The molecule has 1 fully saturated rings. The summed E-state index contributed by atoms with van der Waals surface area (Å²) in [5.41, 5.74) is 0.769. The van der Waals surface area contributed by atoms with Gasteiger partial charge in [0.15, 0.2) is 0 Å². The fraction of sp³-hybridized carbons (Fsp3) is 0.500. The quantitative estimate of drug-likeness (QED) is 0.871. The van der Waals surface area contributed by atoms with Crippen LogP contribution in [0.15, 0.2) is 24.3 Å². The number of nitrogens with one attached hydrogen (secondary N) is 1. The van der Waals surface area contributed by atoms with E-state index in [9.17, 15) is 18.4 Å². The highest BCUT2D eigenvalue weighted by Gasteiger charge is 2.35. The van der Waals surface area contributed by atoms with Crippen LogP contribution in [-0.2, 0) is 16.1 Å². The van der Waals surface area contributed by atoms with Gasteiger partial charge in [-0.3, -0.25) is 9.59 Å². The number of alkyl halides is 2. The molecule has 1 aliphatic heterocycles. The zero-order chi connectivity index (χ0) is 17.0. The molecular formula is C16H20F2N2O3. The topological polar surface area (TPSA) is 58.6 Å². The molecule has 0 radical (unpaired) electrons. The summed E-state index contributed by atoms with van der Waals surface area (Å²) in [6.45, 7) is 1.69. The molecular weight excluding hydrogens is 306 g/mol. The van der Waals surface area contributed by atoms with Crippen LogP contribution in [0.4, 0.5) is 8.78 Å². The molecule has 1 aromatic carbocycles. The summed E-state index contributed by atoms with van der Waals surface area (Å²) in [4.78, 5) is 25.6. The number of likely N-dealkylation sites (tertiary alicyclic amines) is 1. The lowest BCUT2D eigenvalue weighted by atomic mass is 10.1. The largest absolute Gasteiger partial charge is 0.435 e. The minimum Gasteiger partial charge on any atom is -0.435 e. The molecule has 0 spiro atoms. The van der Waals surface area contributed by atoms with Crippen molar-refractivity contribution < 1.29 is 23.1 Å². The van der Waals surface area contributed by atoms with E-state index < -0.39 is 6.61 Å². The first-order chi connectivity index (χ1) is 10.9. The lowest BCUT2D eigenvalue weighted by Gasteiger charge is -2.20. The molecule has 0 bridgehead atoms. The molecule has 5 nitrogen and oxygen atoms in total. The fourth-order valence-corrected chi connectivity index (χ4v) is 2.53. The summed E-state index contributed by atoms with van der Waals surface area (Å²) >= 11 is 0. The highest BCUT2D eigenvalue weighted by atomic mass is 19.3. The van der Waals surface area contributed by atoms with Gasteiger partial charge in [0, 0.05) is 25.6 Å². The fourth-order valence-electron chi connectivity index (χ4n) is 2.53. The van der Waals surface area contributed by atoms with E-state index in [1.165, 1.54) is 12.1 Å². The maximum atomic E-state index is 12.1. The van der Waals surface area contributed by atoms with E-state index in [0.29, 0.717) is 6.54 Å². The molecule has 2 amide bonds. The van der Waals surface area contributed by atoms with E-state index in [1.54, 1.807) is 17.0 Å². The van der Waals surface area contributed by atoms with Crippen LogP contribution in [0.1, 0.15) is 25.8 Å². The van der Waals surface area contributed by atoms with Gasteiger partial charge in [0.2, 0.25) is 11.8 Å². The second kappa shape index (κ2) is 7.39. The van der Waals surface area contributed by atoms with Gasteiger partial charge in [-0.1, -0.05) is 12.1 Å². The summed E-state index contributed by atoms with van der Waals surface area (Å²) in [6, 6.07) is 6.15. The first-order valence-corrected chi connectivity index (χ1v) is 7.47. The highest BCUT2D eigenvalue weighted by Crippen LogP contribution is 2.20. The highest BCUT2D eigenvalue weighted by molar-refractivity contribution is 5.89. The Morgan fingerprint density at radius 3 is 2.52 bits per heavy atom. The van der Waals surface area contributed by atoms with Crippen LogP contribution in [-0.4, -0.2) is 35.9 Å². The number of nitrogens with zero attached hydrogens (tertiary/aromatic N) is 1. The van der Waals surface area contributed by atoms with Gasteiger partial charge in [0.25, 0.3) is 0 Å². The smallest absolute Gasteiger partial charge is 0.387 e. The third-order valence-electron chi connectivity index (χ3n) is 3.77. The number of ether oxygens (including phenoxy) is 1. The monoisotopic (exact) mass is 326 g/mol. The van der Waals surface area contributed by atoms with Crippen LogP contribution in [0, 0.1) is 5.92 Å². The van der Waals surface area contributed by atoms with Gasteiger partial charge < -0.3 is 15.0 Å². The van der Waals surface area contributed by atoms with Crippen molar-refractivity contribution in [2.75, 3.05) is 6.54 Å². The van der Waals surface area contributed by atoms with Crippen molar-refractivity contribution in [2.45, 2.75) is 39.5 Å². The summed E-state index contributed by atoms with van der Waals surface area (Å²) in [5, 5.41) is 2.77. The van der Waals surface area contributed by atoms with Crippen LogP contribution in [0.5, 0.6) is 5.75 Å². The van der Waals surface area contributed by atoms with Crippen molar-refractivity contribution in [3.8, 4) is 5.75 Å². The molecule has 1 aliphatic rings. The summed E-state index contributed by atoms with van der Waals surface area (Å²) in [6.07, 6.45) is 0.227. The lowest BCUT2D eigenvalue weighted by Crippen LogP contribution is -2.35. The van der Waals surface area contributed by atoms with E-state index in [2.05, 4.69) is 10.1 Å². The molecule has 23 heavy (non-hydrogen) atoms. The number of amides is 2. The van der Waals surface area contributed by atoms with Crippen molar-refractivity contribution in [2.24, 2.45) is 5.92 Å². The second-order valence-corrected chi connectivity index (χ2v) is 5.78. The van der Waals surface area contributed by atoms with Gasteiger partial charge in [0.05, 0.1) is 5.92 Å². The van der Waals surface area contributed by atoms with Crippen LogP contribution in [0.3, 0.4) is 0 Å². The van der Waals surface area contributed by atoms with Gasteiger partial charge in [0.1, 0.15) is 5.75 Å². The SMILES string of the molecule is CC(C)N1C[C@@H](C(=O)NCc2ccc(OC(F)F)cc2)CC1=O. The molecule has 0 aromatic heterocycles. The van der Waals surface area contributed by atoms with E-state index in [1.807, 2.05) is 13.8 Å². The Kier molecular flexibility index (Phi) is 5.52. The van der Waals surface area contributed by atoms with Crippen LogP contribution in [0.2, 0.25) is 0 Å². The number of carbonyl (C=O) groups is 2. The third-order valence-corrected chi connectivity index (χ3v) is 3.77. The number of rotatable bonds is 6. The number of hydrogen-bond donors (Lipinski definition) is 1. The van der Waals surface area contributed by atoms with Crippen molar-refractivity contribution in [1.29, 1.82) is 0 Å². The molecule has 0 unspecified atom stereocenters. The van der Waals surface area contributed by atoms with E-state index in [4.69, 9.17) is 0 Å². The number of halogens is 2. The average molecular weight is 326 g/mol. The first-order valence-electron chi connectivity index (χ1n) is 7.47. The Morgan fingerprint density at radius 1 is 1.35 bits per heavy atom. The van der Waals surface area contributed by atoms with Crippen molar-refractivity contribution in [3.05, 3.63) is 29.8 Å². The standard InChI is InChI=1S/C16H20F2N2O3/c1-10(2)20-9-12(7-14(20)21)15(22)19-8-11-3-5-13(6-4-11)23-16(17)18/h3-6,10,12,16H,7-9H2,1-2H3,(H,19,22)/t12-/m0/s1. The molecule has 1 N–H and O–H groups in total. The van der Waals surface area contributed by atoms with E-state index in [-0.39, 0.29) is 42.5 Å². The normalized spacial score (nSPS) is 17.9. The molecule has 126 valence electrons. The summed E-state index contributed by atoms with van der Waals surface area (Å²) in [5.74, 6) is -0.446. The second-order valence-electron chi connectivity index (χ2n) is 5.78. The van der Waals surface area contributed by atoms with Crippen LogP contribution in [0.25, 0.3) is 0 Å². The zero-order valence-electron chi connectivity index (χ0n) is 13.1. The van der Waals surface area contributed by atoms with Gasteiger partial charge >= 0.3 is 6.61 Å². The first kappa shape index (κ1) is 17.2. The summed E-state index contributed by atoms with van der Waals surface area (Å²) in [7, 11) is 0. The number of benzene rings is 1. The molecule has 1 aromatic rings. The maximum Gasteiger partial charge on any atom is 0.387 e. The van der Waals surface area contributed by atoms with Crippen molar-refractivity contribution in [1.82, 2.24) is 10.2 Å². The summed E-state index contributed by atoms with van der Waals surface area (Å²) < 4.78 is 28.4. The van der Waals surface area contributed by atoms with Crippen LogP contribution >= 0.6 is 0 Å². The van der Waals surface area contributed by atoms with E-state index >= 15 is 0 Å². The van der Waals surface area contributed by atoms with Crippen molar-refractivity contribution in [3.63, 3.8) is 0 Å². The van der Waals surface area contributed by atoms with Gasteiger partial charge in [-0.2, -0.15) is 8.78 Å². The Balaban J connectivity index is 1.84. The maximum absolute atomic E-state index is 12.1. The molecule has 0 saturated carbocycles. The predicted octanol–water partition coefficient (Wildman–Crippen LogP) is 2.16. The molecule has 7 heteroatoms. The Labute approximate surface area is 133 Å². The number of carbonyl (C=O) groups excluding carboxylic acids is 2. The molecule has 1 heterocycles. The molecule has 0 aliphatic carbocycles. The van der Waals surface area contributed by atoms with E-state index in [0.717, 1.165) is 5.56 Å². The predicted molar refractivity (Wildman–Crippen MR) is 79.9 cm³/mol. The minimum atomic E-state index is -2.86. The molecule has 1 saturated heterocycles. The van der Waals surface area contributed by atoms with Crippen molar-refractivity contribution >= 4 is 11.8 Å². The van der Waals surface area contributed by atoms with Crippen LogP contribution < -0.4 is 10.1 Å². The number of hydrogen-bond acceptors (Lipinski definition) is 3. The van der Waals surface area contributed by atoms with Gasteiger partial charge in [-0.05, 0) is 31.5 Å². The Bertz CT molecular complexity index is 561. The lowest BCUT2D eigenvalue weighted by molar-refractivity contribution is -0.130. The third kappa shape index (κ3) is 4.64.